The Labute approximate surface area is 92.6 Å². The number of fused-ring (bicyclic) bond motifs is 1. The molecule has 3 atom stereocenters. The minimum atomic E-state index is -0.328. The van der Waals surface area contributed by atoms with Crippen molar-refractivity contribution in [3.8, 4) is 0 Å². The molecule has 2 aliphatic rings. The first-order valence-corrected chi connectivity index (χ1v) is 6.43. The molecule has 0 amide bonds. The summed E-state index contributed by atoms with van der Waals surface area (Å²) in [6.07, 6.45) is 7.90. The van der Waals surface area contributed by atoms with Gasteiger partial charge in [0.25, 0.3) is 0 Å². The van der Waals surface area contributed by atoms with E-state index in [0.29, 0.717) is 6.54 Å². The highest BCUT2D eigenvalue weighted by Crippen LogP contribution is 2.35. The van der Waals surface area contributed by atoms with Crippen molar-refractivity contribution in [1.29, 1.82) is 0 Å². The molecular formula is C12H24N2O. The number of hydrogen-bond acceptors (Lipinski definition) is 3. The van der Waals surface area contributed by atoms with Crippen molar-refractivity contribution in [2.24, 2.45) is 11.7 Å². The maximum Gasteiger partial charge on any atom is 0.0789 e. The third-order valence-electron chi connectivity index (χ3n) is 4.08. The number of aliphatic hydroxyl groups excluding tert-OH is 1. The molecule has 0 bridgehead atoms. The van der Waals surface area contributed by atoms with Crippen molar-refractivity contribution in [2.75, 3.05) is 19.6 Å². The van der Waals surface area contributed by atoms with Gasteiger partial charge in [0, 0.05) is 19.1 Å². The Kier molecular flexibility index (Phi) is 4.00. The van der Waals surface area contributed by atoms with Gasteiger partial charge in [0.2, 0.25) is 0 Å². The van der Waals surface area contributed by atoms with Crippen LogP contribution < -0.4 is 5.73 Å². The molecule has 3 heteroatoms. The Morgan fingerprint density at radius 3 is 2.73 bits per heavy atom. The Bertz CT molecular complexity index is 196. The van der Waals surface area contributed by atoms with Gasteiger partial charge in [-0.3, -0.25) is 4.90 Å². The largest absolute Gasteiger partial charge is 0.390 e. The average molecular weight is 212 g/mol. The molecule has 1 aliphatic carbocycles. The zero-order chi connectivity index (χ0) is 10.7. The third kappa shape index (κ3) is 2.71. The summed E-state index contributed by atoms with van der Waals surface area (Å²) < 4.78 is 0. The lowest BCUT2D eigenvalue weighted by Crippen LogP contribution is -2.50. The molecule has 1 saturated carbocycles. The number of likely N-dealkylation sites (tertiary alicyclic amines) is 1. The van der Waals surface area contributed by atoms with Crippen LogP contribution in [0.1, 0.15) is 38.5 Å². The van der Waals surface area contributed by atoms with Crippen LogP contribution in [-0.4, -0.2) is 41.8 Å². The molecule has 1 aliphatic heterocycles. The lowest BCUT2D eigenvalue weighted by Gasteiger charge is -2.44. The third-order valence-corrected chi connectivity index (χ3v) is 4.08. The fourth-order valence-electron chi connectivity index (χ4n) is 3.30. The molecule has 1 heterocycles. The summed E-state index contributed by atoms with van der Waals surface area (Å²) in [5.41, 5.74) is 5.48. The zero-order valence-electron chi connectivity index (χ0n) is 9.57. The van der Waals surface area contributed by atoms with E-state index in [-0.39, 0.29) is 6.10 Å². The molecule has 0 radical (unpaired) electrons. The molecule has 0 spiro atoms. The lowest BCUT2D eigenvalue weighted by molar-refractivity contribution is 0.0236. The van der Waals surface area contributed by atoms with Crippen molar-refractivity contribution in [2.45, 2.75) is 50.7 Å². The monoisotopic (exact) mass is 212 g/mol. The molecule has 88 valence electrons. The predicted octanol–water partition coefficient (Wildman–Crippen LogP) is 0.961. The highest BCUT2D eigenvalue weighted by molar-refractivity contribution is 4.88. The summed E-state index contributed by atoms with van der Waals surface area (Å²) >= 11 is 0. The fraction of sp³-hybridized carbons (Fsp3) is 1.00. The van der Waals surface area contributed by atoms with Crippen LogP contribution in [0.15, 0.2) is 0 Å². The molecule has 15 heavy (non-hydrogen) atoms. The van der Waals surface area contributed by atoms with Gasteiger partial charge in [-0.25, -0.2) is 0 Å². The summed E-state index contributed by atoms with van der Waals surface area (Å²) in [4.78, 5) is 2.49. The second-order valence-corrected chi connectivity index (χ2v) is 5.14. The van der Waals surface area contributed by atoms with Crippen LogP contribution in [0.5, 0.6) is 0 Å². The highest BCUT2D eigenvalue weighted by Gasteiger charge is 2.33. The van der Waals surface area contributed by atoms with E-state index in [1.54, 1.807) is 0 Å². The summed E-state index contributed by atoms with van der Waals surface area (Å²) in [5.74, 6) is 0.900. The van der Waals surface area contributed by atoms with Gasteiger partial charge in [-0.15, -0.1) is 0 Å². The van der Waals surface area contributed by atoms with Crippen molar-refractivity contribution in [3.63, 3.8) is 0 Å². The smallest absolute Gasteiger partial charge is 0.0789 e. The molecule has 2 rings (SSSR count). The van der Waals surface area contributed by atoms with Gasteiger partial charge in [0.15, 0.2) is 0 Å². The molecule has 0 aromatic rings. The summed E-state index contributed by atoms with van der Waals surface area (Å²) in [6.45, 7) is 2.35. The molecule has 2 fully saturated rings. The molecule has 3 nitrogen and oxygen atoms in total. The van der Waals surface area contributed by atoms with E-state index in [1.165, 1.54) is 38.5 Å². The number of hydrogen-bond donors (Lipinski definition) is 2. The SMILES string of the molecule is NC[C@H](O)CN1CCCC2CCCCC21. The Hall–Kier alpha value is -0.120. The first-order chi connectivity index (χ1) is 7.31. The fourth-order valence-corrected chi connectivity index (χ4v) is 3.30. The second-order valence-electron chi connectivity index (χ2n) is 5.14. The predicted molar refractivity (Wildman–Crippen MR) is 61.6 cm³/mol. The minimum absolute atomic E-state index is 0.328. The maximum absolute atomic E-state index is 9.63. The molecule has 3 N–H and O–H groups in total. The van der Waals surface area contributed by atoms with E-state index >= 15 is 0 Å². The first-order valence-electron chi connectivity index (χ1n) is 6.43. The van der Waals surface area contributed by atoms with E-state index in [0.717, 1.165) is 25.0 Å². The Morgan fingerprint density at radius 1 is 1.20 bits per heavy atom. The maximum atomic E-state index is 9.63. The van der Waals surface area contributed by atoms with Crippen LogP contribution in [0.4, 0.5) is 0 Å². The van der Waals surface area contributed by atoms with Crippen LogP contribution in [0.2, 0.25) is 0 Å². The molecule has 2 unspecified atom stereocenters. The van der Waals surface area contributed by atoms with Crippen molar-refractivity contribution in [1.82, 2.24) is 4.90 Å². The number of β-amino-alcohol motifs (C(OH)–C–C–N with tert-alkyl or cyclic N) is 1. The van der Waals surface area contributed by atoms with Gasteiger partial charge in [0.1, 0.15) is 0 Å². The van der Waals surface area contributed by atoms with E-state index < -0.39 is 0 Å². The van der Waals surface area contributed by atoms with Gasteiger partial charge in [-0.05, 0) is 38.1 Å². The number of piperidine rings is 1. The van der Waals surface area contributed by atoms with Gasteiger partial charge >= 0.3 is 0 Å². The second kappa shape index (κ2) is 5.28. The quantitative estimate of drug-likeness (QED) is 0.732. The number of aliphatic hydroxyl groups is 1. The molecule has 0 aromatic heterocycles. The van der Waals surface area contributed by atoms with Crippen molar-refractivity contribution in [3.05, 3.63) is 0 Å². The molecule has 1 saturated heterocycles. The van der Waals surface area contributed by atoms with Crippen molar-refractivity contribution >= 4 is 0 Å². The standard InChI is InChI=1S/C12H24N2O/c13-8-11(15)9-14-7-3-5-10-4-1-2-6-12(10)14/h10-12,15H,1-9,13H2/t10?,11-,12?/m0/s1. The van der Waals surface area contributed by atoms with Gasteiger partial charge < -0.3 is 10.8 Å². The highest BCUT2D eigenvalue weighted by atomic mass is 16.3. The topological polar surface area (TPSA) is 49.5 Å². The van der Waals surface area contributed by atoms with Crippen LogP contribution in [0, 0.1) is 5.92 Å². The Balaban J connectivity index is 1.91. The number of nitrogens with two attached hydrogens (primary N) is 1. The average Bonchev–Trinajstić information content (AvgIpc) is 2.29. The summed E-state index contributed by atoms with van der Waals surface area (Å²) in [7, 11) is 0. The number of rotatable bonds is 3. The van der Waals surface area contributed by atoms with Gasteiger partial charge in [-0.1, -0.05) is 12.8 Å². The van der Waals surface area contributed by atoms with Crippen LogP contribution >= 0.6 is 0 Å². The summed E-state index contributed by atoms with van der Waals surface area (Å²) in [5, 5.41) is 9.63. The molecular weight excluding hydrogens is 188 g/mol. The number of nitrogens with zero attached hydrogens (tertiary/aromatic N) is 1. The van der Waals surface area contributed by atoms with Crippen LogP contribution in [-0.2, 0) is 0 Å². The van der Waals surface area contributed by atoms with E-state index in [9.17, 15) is 5.11 Å². The van der Waals surface area contributed by atoms with E-state index in [4.69, 9.17) is 5.73 Å². The van der Waals surface area contributed by atoms with Crippen LogP contribution in [0.3, 0.4) is 0 Å². The summed E-state index contributed by atoms with van der Waals surface area (Å²) in [6, 6.07) is 0.744. The molecule has 0 aromatic carbocycles. The van der Waals surface area contributed by atoms with E-state index in [1.807, 2.05) is 0 Å². The lowest BCUT2D eigenvalue weighted by atomic mass is 9.78. The van der Waals surface area contributed by atoms with Crippen LogP contribution in [0.25, 0.3) is 0 Å². The van der Waals surface area contributed by atoms with E-state index in [2.05, 4.69) is 4.90 Å². The first kappa shape index (κ1) is 11.4. The Morgan fingerprint density at radius 2 is 1.93 bits per heavy atom. The zero-order valence-corrected chi connectivity index (χ0v) is 9.57. The van der Waals surface area contributed by atoms with Gasteiger partial charge in [0.05, 0.1) is 6.10 Å². The van der Waals surface area contributed by atoms with Gasteiger partial charge in [-0.2, -0.15) is 0 Å². The van der Waals surface area contributed by atoms with Crippen molar-refractivity contribution < 1.29 is 5.11 Å². The normalized spacial score (nSPS) is 34.8. The minimum Gasteiger partial charge on any atom is -0.390 e.